The standard InChI is InChI=1S/C16H13ClF2N2O2/c17-11-5-2-1-4-10(11)9-20-14(22)8-15(23)21-16-12(18)6-3-7-13(16)19/h1-7H,8-9H2,(H,20,22)(H,21,23). The van der Waals surface area contributed by atoms with Gasteiger partial charge in [-0.15, -0.1) is 0 Å². The lowest BCUT2D eigenvalue weighted by atomic mass is 10.2. The summed E-state index contributed by atoms with van der Waals surface area (Å²) in [6.45, 7) is 0.153. The van der Waals surface area contributed by atoms with Crippen molar-refractivity contribution in [3.63, 3.8) is 0 Å². The molecule has 2 aromatic carbocycles. The van der Waals surface area contributed by atoms with Crippen molar-refractivity contribution in [1.29, 1.82) is 0 Å². The van der Waals surface area contributed by atoms with Gasteiger partial charge in [0.15, 0.2) is 0 Å². The Morgan fingerprint density at radius 1 is 0.957 bits per heavy atom. The van der Waals surface area contributed by atoms with Crippen LogP contribution in [-0.4, -0.2) is 11.8 Å². The van der Waals surface area contributed by atoms with E-state index in [-0.39, 0.29) is 6.54 Å². The van der Waals surface area contributed by atoms with Gasteiger partial charge in [0.25, 0.3) is 0 Å². The minimum absolute atomic E-state index is 0.153. The molecule has 0 saturated carbocycles. The predicted octanol–water partition coefficient (Wildman–Crippen LogP) is 3.26. The van der Waals surface area contributed by atoms with Crippen molar-refractivity contribution in [3.05, 3.63) is 64.7 Å². The zero-order valence-corrected chi connectivity index (χ0v) is 12.7. The largest absolute Gasteiger partial charge is 0.352 e. The highest BCUT2D eigenvalue weighted by Gasteiger charge is 2.14. The first kappa shape index (κ1) is 16.9. The molecule has 2 N–H and O–H groups in total. The Bertz CT molecular complexity index is 718. The molecular formula is C16H13ClF2N2O2. The molecule has 0 spiro atoms. The Hall–Kier alpha value is -2.47. The summed E-state index contributed by atoms with van der Waals surface area (Å²) in [4.78, 5) is 23.4. The van der Waals surface area contributed by atoms with Gasteiger partial charge in [0.1, 0.15) is 23.7 Å². The van der Waals surface area contributed by atoms with Gasteiger partial charge in [-0.05, 0) is 23.8 Å². The molecule has 0 radical (unpaired) electrons. The number of para-hydroxylation sites is 1. The Kier molecular flexibility index (Phi) is 5.65. The molecular weight excluding hydrogens is 326 g/mol. The van der Waals surface area contributed by atoms with Crippen LogP contribution in [0.15, 0.2) is 42.5 Å². The third-order valence-electron chi connectivity index (χ3n) is 2.98. The maximum Gasteiger partial charge on any atom is 0.233 e. The van der Waals surface area contributed by atoms with Gasteiger partial charge in [0.05, 0.1) is 0 Å². The number of rotatable bonds is 5. The molecule has 0 saturated heterocycles. The van der Waals surface area contributed by atoms with E-state index in [0.717, 1.165) is 12.1 Å². The van der Waals surface area contributed by atoms with E-state index in [1.54, 1.807) is 24.3 Å². The first-order valence-corrected chi connectivity index (χ1v) is 7.09. The van der Waals surface area contributed by atoms with Crippen LogP contribution >= 0.6 is 11.6 Å². The molecule has 0 unspecified atom stereocenters. The summed E-state index contributed by atoms with van der Waals surface area (Å²) in [7, 11) is 0. The smallest absolute Gasteiger partial charge is 0.233 e. The van der Waals surface area contributed by atoms with Crippen molar-refractivity contribution in [2.24, 2.45) is 0 Å². The minimum atomic E-state index is -0.908. The van der Waals surface area contributed by atoms with Crippen LogP contribution in [0.2, 0.25) is 5.02 Å². The van der Waals surface area contributed by atoms with Crippen molar-refractivity contribution in [3.8, 4) is 0 Å². The highest BCUT2D eigenvalue weighted by Crippen LogP contribution is 2.18. The molecule has 0 aliphatic heterocycles. The van der Waals surface area contributed by atoms with E-state index >= 15 is 0 Å². The number of nitrogens with one attached hydrogen (secondary N) is 2. The Labute approximate surface area is 136 Å². The maximum absolute atomic E-state index is 13.4. The number of carbonyl (C=O) groups excluding carboxylic acids is 2. The van der Waals surface area contributed by atoms with Gasteiger partial charge in [-0.1, -0.05) is 35.9 Å². The fourth-order valence-electron chi connectivity index (χ4n) is 1.84. The lowest BCUT2D eigenvalue weighted by Crippen LogP contribution is -2.28. The molecule has 2 aromatic rings. The second kappa shape index (κ2) is 7.69. The molecule has 0 aromatic heterocycles. The molecule has 0 fully saturated rings. The molecule has 23 heavy (non-hydrogen) atoms. The highest BCUT2D eigenvalue weighted by molar-refractivity contribution is 6.31. The van der Waals surface area contributed by atoms with Gasteiger partial charge in [-0.25, -0.2) is 8.78 Å². The van der Waals surface area contributed by atoms with E-state index in [1.807, 2.05) is 5.32 Å². The van der Waals surface area contributed by atoms with Gasteiger partial charge in [0.2, 0.25) is 11.8 Å². The van der Waals surface area contributed by atoms with Crippen LogP contribution in [-0.2, 0) is 16.1 Å². The zero-order valence-electron chi connectivity index (χ0n) is 11.9. The van der Waals surface area contributed by atoms with E-state index in [2.05, 4.69) is 5.32 Å². The van der Waals surface area contributed by atoms with Gasteiger partial charge >= 0.3 is 0 Å². The van der Waals surface area contributed by atoms with E-state index < -0.39 is 35.6 Å². The Morgan fingerprint density at radius 2 is 1.61 bits per heavy atom. The number of benzene rings is 2. The number of halogens is 3. The normalized spacial score (nSPS) is 10.2. The predicted molar refractivity (Wildman–Crippen MR) is 82.9 cm³/mol. The van der Waals surface area contributed by atoms with Crippen LogP contribution in [0.25, 0.3) is 0 Å². The molecule has 120 valence electrons. The van der Waals surface area contributed by atoms with Crippen LogP contribution in [0, 0.1) is 11.6 Å². The van der Waals surface area contributed by atoms with E-state index in [1.165, 1.54) is 6.07 Å². The third-order valence-corrected chi connectivity index (χ3v) is 3.35. The summed E-state index contributed by atoms with van der Waals surface area (Å²) in [5.74, 6) is -3.21. The van der Waals surface area contributed by atoms with Gasteiger partial charge in [-0.2, -0.15) is 0 Å². The first-order valence-electron chi connectivity index (χ1n) is 6.71. The number of carbonyl (C=O) groups is 2. The van der Waals surface area contributed by atoms with Crippen LogP contribution < -0.4 is 10.6 Å². The van der Waals surface area contributed by atoms with Gasteiger partial charge < -0.3 is 10.6 Å². The third kappa shape index (κ3) is 4.75. The van der Waals surface area contributed by atoms with Crippen molar-refractivity contribution >= 4 is 29.1 Å². The van der Waals surface area contributed by atoms with Gasteiger partial charge in [-0.3, -0.25) is 9.59 Å². The molecule has 0 heterocycles. The van der Waals surface area contributed by atoms with Crippen molar-refractivity contribution in [1.82, 2.24) is 5.32 Å². The van der Waals surface area contributed by atoms with Crippen molar-refractivity contribution < 1.29 is 18.4 Å². The second-order valence-electron chi connectivity index (χ2n) is 4.69. The second-order valence-corrected chi connectivity index (χ2v) is 5.10. The molecule has 0 bridgehead atoms. The SMILES string of the molecule is O=C(CC(=O)Nc1c(F)cccc1F)NCc1ccccc1Cl. The number of anilines is 1. The topological polar surface area (TPSA) is 58.2 Å². The average Bonchev–Trinajstić information content (AvgIpc) is 2.50. The fraction of sp³-hybridized carbons (Fsp3) is 0.125. The molecule has 0 atom stereocenters. The van der Waals surface area contributed by atoms with Crippen molar-refractivity contribution in [2.45, 2.75) is 13.0 Å². The number of amides is 2. The molecule has 2 rings (SSSR count). The van der Waals surface area contributed by atoms with Gasteiger partial charge in [0, 0.05) is 11.6 Å². The average molecular weight is 339 g/mol. The molecule has 2 amide bonds. The lowest BCUT2D eigenvalue weighted by Gasteiger charge is -2.09. The Morgan fingerprint density at radius 3 is 2.26 bits per heavy atom. The highest BCUT2D eigenvalue weighted by atomic mass is 35.5. The summed E-state index contributed by atoms with van der Waals surface area (Å²) < 4.78 is 26.8. The summed E-state index contributed by atoms with van der Waals surface area (Å²) >= 11 is 5.94. The molecule has 7 heteroatoms. The van der Waals surface area contributed by atoms with Crippen LogP contribution in [0.3, 0.4) is 0 Å². The molecule has 0 aliphatic rings. The lowest BCUT2D eigenvalue weighted by molar-refractivity contribution is -0.126. The molecule has 4 nitrogen and oxygen atoms in total. The number of hydrogen-bond acceptors (Lipinski definition) is 2. The summed E-state index contributed by atoms with van der Waals surface area (Å²) in [6, 6.07) is 10.1. The van der Waals surface area contributed by atoms with Crippen LogP contribution in [0.1, 0.15) is 12.0 Å². The maximum atomic E-state index is 13.4. The summed E-state index contributed by atoms with van der Waals surface area (Å²) in [6.07, 6.45) is -0.557. The fourth-order valence-corrected chi connectivity index (χ4v) is 2.05. The van der Waals surface area contributed by atoms with E-state index in [0.29, 0.717) is 10.6 Å². The van der Waals surface area contributed by atoms with E-state index in [4.69, 9.17) is 11.6 Å². The minimum Gasteiger partial charge on any atom is -0.352 e. The Balaban J connectivity index is 1.88. The van der Waals surface area contributed by atoms with Crippen LogP contribution in [0.4, 0.5) is 14.5 Å². The molecule has 0 aliphatic carbocycles. The quantitative estimate of drug-likeness (QED) is 0.822. The summed E-state index contributed by atoms with van der Waals surface area (Å²) in [5.41, 5.74) is 0.125. The zero-order chi connectivity index (χ0) is 16.8. The van der Waals surface area contributed by atoms with Crippen LogP contribution in [0.5, 0.6) is 0 Å². The first-order chi connectivity index (χ1) is 11.0. The monoisotopic (exact) mass is 338 g/mol. The van der Waals surface area contributed by atoms with E-state index in [9.17, 15) is 18.4 Å². The number of hydrogen-bond donors (Lipinski definition) is 2. The van der Waals surface area contributed by atoms with Crippen molar-refractivity contribution in [2.75, 3.05) is 5.32 Å². The summed E-state index contributed by atoms with van der Waals surface area (Å²) in [5, 5.41) is 5.05.